The van der Waals surface area contributed by atoms with Gasteiger partial charge in [-0.05, 0) is 49.3 Å². The van der Waals surface area contributed by atoms with Gasteiger partial charge >= 0.3 is 0 Å². The summed E-state index contributed by atoms with van der Waals surface area (Å²) >= 11 is 6.11. The zero-order chi connectivity index (χ0) is 15.8. The van der Waals surface area contributed by atoms with E-state index < -0.39 is 0 Å². The Balaban J connectivity index is 1.46. The minimum atomic E-state index is 0.202. The number of carbonyl (C=O) groups excluding carboxylic acids is 1. The smallest absolute Gasteiger partial charge is 0.227 e. The Kier molecular flexibility index (Phi) is 4.33. The van der Waals surface area contributed by atoms with Gasteiger partial charge in [0, 0.05) is 37.2 Å². The lowest BCUT2D eigenvalue weighted by Crippen LogP contribution is -2.50. The first-order chi connectivity index (χ1) is 11.2. The van der Waals surface area contributed by atoms with Crippen molar-refractivity contribution in [3.8, 4) is 0 Å². The van der Waals surface area contributed by atoms with Gasteiger partial charge in [-0.1, -0.05) is 30.2 Å². The highest BCUT2D eigenvalue weighted by atomic mass is 35.5. The minimum absolute atomic E-state index is 0.202. The van der Waals surface area contributed by atoms with Crippen molar-refractivity contribution < 1.29 is 4.79 Å². The Morgan fingerprint density at radius 2 is 2.00 bits per heavy atom. The van der Waals surface area contributed by atoms with Crippen LogP contribution in [0.3, 0.4) is 0 Å². The van der Waals surface area contributed by atoms with E-state index in [1.54, 1.807) is 0 Å². The highest BCUT2D eigenvalue weighted by Gasteiger charge is 2.41. The monoisotopic (exact) mass is 332 g/mol. The molecule has 3 heterocycles. The number of carbonyl (C=O) groups is 1. The van der Waals surface area contributed by atoms with Crippen LogP contribution >= 0.6 is 11.6 Å². The van der Waals surface area contributed by atoms with Crippen LogP contribution in [0.5, 0.6) is 0 Å². The van der Waals surface area contributed by atoms with E-state index in [1.807, 2.05) is 18.2 Å². The Morgan fingerprint density at radius 3 is 2.74 bits per heavy atom. The molecule has 124 valence electrons. The van der Waals surface area contributed by atoms with Crippen molar-refractivity contribution in [2.45, 2.75) is 44.7 Å². The molecule has 0 unspecified atom stereocenters. The molecule has 0 radical (unpaired) electrons. The van der Waals surface area contributed by atoms with Crippen LogP contribution in [0.15, 0.2) is 24.3 Å². The number of amides is 1. The van der Waals surface area contributed by atoms with Gasteiger partial charge < -0.3 is 4.90 Å². The summed E-state index contributed by atoms with van der Waals surface area (Å²) in [5.74, 6) is 1.38. The lowest BCUT2D eigenvalue weighted by atomic mass is 9.83. The van der Waals surface area contributed by atoms with Crippen LogP contribution in [0.1, 0.15) is 37.7 Å². The second-order valence-corrected chi connectivity index (χ2v) is 7.98. The first kappa shape index (κ1) is 15.5. The fourth-order valence-corrected chi connectivity index (χ4v) is 4.56. The third kappa shape index (κ3) is 3.27. The minimum Gasteiger partial charge on any atom is -0.338 e. The summed E-state index contributed by atoms with van der Waals surface area (Å²) in [6.07, 6.45) is 6.22. The van der Waals surface area contributed by atoms with Gasteiger partial charge in [-0.25, -0.2) is 0 Å². The van der Waals surface area contributed by atoms with Gasteiger partial charge in [-0.3, -0.25) is 9.69 Å². The molecule has 2 bridgehead atoms. The van der Waals surface area contributed by atoms with Gasteiger partial charge in [0.05, 0.1) is 5.92 Å². The summed E-state index contributed by atoms with van der Waals surface area (Å²) in [4.78, 5) is 17.5. The maximum absolute atomic E-state index is 12.8. The predicted octanol–water partition coefficient (Wildman–Crippen LogP) is 3.56. The molecular weight excluding hydrogens is 308 g/mol. The maximum Gasteiger partial charge on any atom is 0.227 e. The van der Waals surface area contributed by atoms with Crippen molar-refractivity contribution in [1.82, 2.24) is 9.80 Å². The molecular formula is C19H25ClN2O. The lowest BCUT2D eigenvalue weighted by molar-refractivity contribution is -0.141. The zero-order valence-electron chi connectivity index (χ0n) is 13.6. The van der Waals surface area contributed by atoms with Gasteiger partial charge in [0.25, 0.3) is 0 Å². The van der Waals surface area contributed by atoms with Gasteiger partial charge in [-0.2, -0.15) is 0 Å². The van der Waals surface area contributed by atoms with Crippen molar-refractivity contribution in [3.05, 3.63) is 34.9 Å². The summed E-state index contributed by atoms with van der Waals surface area (Å²) in [5, 5.41) is 0.794. The molecule has 0 aromatic heterocycles. The average molecular weight is 333 g/mol. The fourth-order valence-electron chi connectivity index (χ4n) is 4.35. The number of piperidine rings is 1. The van der Waals surface area contributed by atoms with Gasteiger partial charge in [-0.15, -0.1) is 0 Å². The van der Waals surface area contributed by atoms with Crippen molar-refractivity contribution >= 4 is 17.5 Å². The highest BCUT2D eigenvalue weighted by Crippen LogP contribution is 2.34. The third-order valence-corrected chi connectivity index (χ3v) is 6.08. The molecule has 5 rings (SSSR count). The number of halogens is 1. The topological polar surface area (TPSA) is 23.6 Å². The summed E-state index contributed by atoms with van der Waals surface area (Å²) in [5.41, 5.74) is 1.25. The standard InChI is InChI=1S/C19H25ClN2O/c20-17-6-2-5-15(9-17)10-21-12-16-7-8-18(13-21)22(19(16)23)11-14-3-1-4-14/h2,5-6,9,14,16,18H,1,3-4,7-8,10-13H2/t16-,18+/m0/s1. The second kappa shape index (κ2) is 6.45. The molecule has 1 aromatic carbocycles. The van der Waals surface area contributed by atoms with Crippen LogP contribution < -0.4 is 0 Å². The molecule has 3 nitrogen and oxygen atoms in total. The van der Waals surface area contributed by atoms with Crippen molar-refractivity contribution in [2.75, 3.05) is 19.6 Å². The van der Waals surface area contributed by atoms with E-state index in [2.05, 4.69) is 15.9 Å². The van der Waals surface area contributed by atoms with E-state index in [9.17, 15) is 4.79 Å². The average Bonchev–Trinajstić information content (AvgIpc) is 2.74. The van der Waals surface area contributed by atoms with Crippen LogP contribution in [-0.4, -0.2) is 41.4 Å². The van der Waals surface area contributed by atoms with E-state index in [0.717, 1.165) is 43.5 Å². The fraction of sp³-hybridized carbons (Fsp3) is 0.632. The molecule has 1 saturated carbocycles. The predicted molar refractivity (Wildman–Crippen MR) is 92.3 cm³/mol. The normalized spacial score (nSPS) is 28.7. The van der Waals surface area contributed by atoms with Crippen molar-refractivity contribution in [2.24, 2.45) is 11.8 Å². The molecule has 23 heavy (non-hydrogen) atoms. The molecule has 1 aromatic rings. The van der Waals surface area contributed by atoms with E-state index in [4.69, 9.17) is 11.6 Å². The Hall–Kier alpha value is -1.06. The molecule has 3 aliphatic heterocycles. The van der Waals surface area contributed by atoms with Crippen LogP contribution in [0.4, 0.5) is 0 Å². The number of rotatable bonds is 4. The van der Waals surface area contributed by atoms with E-state index in [1.165, 1.54) is 31.2 Å². The molecule has 0 spiro atoms. The van der Waals surface area contributed by atoms with Crippen LogP contribution in [0, 0.1) is 11.8 Å². The summed E-state index contributed by atoms with van der Waals surface area (Å²) in [6.45, 7) is 3.83. The van der Waals surface area contributed by atoms with Crippen molar-refractivity contribution in [3.63, 3.8) is 0 Å². The molecule has 2 atom stereocenters. The Morgan fingerprint density at radius 1 is 1.13 bits per heavy atom. The van der Waals surface area contributed by atoms with E-state index >= 15 is 0 Å². The molecule has 0 N–H and O–H groups in total. The zero-order valence-corrected chi connectivity index (χ0v) is 14.3. The molecule has 1 amide bonds. The Labute approximate surface area is 143 Å². The number of nitrogens with zero attached hydrogens (tertiary/aromatic N) is 2. The third-order valence-electron chi connectivity index (χ3n) is 5.84. The number of fused-ring (bicyclic) bond motifs is 4. The van der Waals surface area contributed by atoms with Crippen molar-refractivity contribution in [1.29, 1.82) is 0 Å². The van der Waals surface area contributed by atoms with Crippen LogP contribution in [-0.2, 0) is 11.3 Å². The van der Waals surface area contributed by atoms with Gasteiger partial charge in [0.2, 0.25) is 5.91 Å². The SMILES string of the molecule is O=C1[C@H]2CC[C@H](CN(Cc3cccc(Cl)c3)C2)N1CC1CCC1. The first-order valence-corrected chi connectivity index (χ1v) is 9.34. The van der Waals surface area contributed by atoms with Gasteiger partial charge in [0.15, 0.2) is 0 Å². The summed E-state index contributed by atoms with van der Waals surface area (Å²) in [6, 6.07) is 8.52. The van der Waals surface area contributed by atoms with E-state index in [0.29, 0.717) is 11.9 Å². The first-order valence-electron chi connectivity index (χ1n) is 8.96. The largest absolute Gasteiger partial charge is 0.338 e. The maximum atomic E-state index is 12.8. The second-order valence-electron chi connectivity index (χ2n) is 7.54. The summed E-state index contributed by atoms with van der Waals surface area (Å²) in [7, 11) is 0. The van der Waals surface area contributed by atoms with Gasteiger partial charge in [0.1, 0.15) is 0 Å². The summed E-state index contributed by atoms with van der Waals surface area (Å²) < 4.78 is 0. The lowest BCUT2D eigenvalue weighted by Gasteiger charge is -2.40. The number of hydrogen-bond donors (Lipinski definition) is 0. The molecule has 4 fully saturated rings. The van der Waals surface area contributed by atoms with Crippen LogP contribution in [0.25, 0.3) is 0 Å². The molecule has 1 aliphatic carbocycles. The Bertz CT molecular complexity index is 586. The van der Waals surface area contributed by atoms with E-state index in [-0.39, 0.29) is 5.92 Å². The molecule has 3 saturated heterocycles. The molecule has 4 aliphatic rings. The number of hydrogen-bond acceptors (Lipinski definition) is 2. The van der Waals surface area contributed by atoms with Crippen LogP contribution in [0.2, 0.25) is 5.02 Å². The highest BCUT2D eigenvalue weighted by molar-refractivity contribution is 6.30. The molecule has 4 heteroatoms. The quantitative estimate of drug-likeness (QED) is 0.841. The number of benzene rings is 1.